The number of rotatable bonds is 9. The molecule has 0 aliphatic carbocycles. The number of aromatic carboxylic acids is 1. The van der Waals surface area contributed by atoms with E-state index in [1.54, 1.807) is 30.5 Å². The van der Waals surface area contributed by atoms with Gasteiger partial charge in [0.2, 0.25) is 15.9 Å². The van der Waals surface area contributed by atoms with Gasteiger partial charge in [-0.25, -0.2) is 13.2 Å². The van der Waals surface area contributed by atoms with Gasteiger partial charge >= 0.3 is 5.97 Å². The molecule has 2 aromatic carbocycles. The monoisotopic (exact) mass is 623 g/mol. The van der Waals surface area contributed by atoms with Crippen molar-refractivity contribution in [1.29, 1.82) is 0 Å². The smallest absolute Gasteiger partial charge is 0.356 e. The number of thiophene rings is 1. The minimum atomic E-state index is -4.08. The number of carboxylic acids is 1. The van der Waals surface area contributed by atoms with Crippen LogP contribution < -0.4 is 10.1 Å². The Hall–Kier alpha value is -4.04. The Morgan fingerprint density at radius 1 is 1.05 bits per heavy atom. The number of nitrogens with zero attached hydrogens (tertiary/aromatic N) is 4. The zero-order chi connectivity index (χ0) is 30.9. The maximum absolute atomic E-state index is 14.1. The zero-order valence-electron chi connectivity index (χ0n) is 24.3. The second kappa shape index (κ2) is 12.3. The van der Waals surface area contributed by atoms with Crippen molar-refractivity contribution in [2.75, 3.05) is 38.0 Å². The second-order valence-corrected chi connectivity index (χ2v) is 13.2. The molecular formula is C30H33N5O6S2. The first kappa shape index (κ1) is 30.4. The third-order valence-electron chi connectivity index (χ3n) is 7.40. The topological polar surface area (TPSA) is 134 Å². The molecule has 2 N–H and O–H groups in total. The molecule has 4 aromatic rings. The van der Waals surface area contributed by atoms with E-state index in [-0.39, 0.29) is 39.4 Å². The molecule has 1 saturated heterocycles. The lowest BCUT2D eigenvalue weighted by Gasteiger charge is -2.33. The number of nitrogens with one attached hydrogen (secondary N) is 1. The van der Waals surface area contributed by atoms with E-state index in [0.717, 1.165) is 17.7 Å². The largest absolute Gasteiger partial charge is 0.476 e. The van der Waals surface area contributed by atoms with E-state index < -0.39 is 16.0 Å². The number of amides is 1. The fourth-order valence-electron chi connectivity index (χ4n) is 5.01. The molecule has 1 fully saturated rings. The van der Waals surface area contributed by atoms with Gasteiger partial charge in [0.1, 0.15) is 10.6 Å². The van der Waals surface area contributed by atoms with Gasteiger partial charge < -0.3 is 20.1 Å². The van der Waals surface area contributed by atoms with Crippen molar-refractivity contribution in [2.24, 2.45) is 0 Å². The Bertz CT molecular complexity index is 1770. The summed E-state index contributed by atoms with van der Waals surface area (Å²) in [6.45, 7) is 10.0. The highest BCUT2D eigenvalue weighted by Crippen LogP contribution is 2.37. The quantitative estimate of drug-likeness (QED) is 0.268. The van der Waals surface area contributed by atoms with Crippen LogP contribution in [0, 0.1) is 20.8 Å². The maximum Gasteiger partial charge on any atom is 0.356 e. The van der Waals surface area contributed by atoms with Crippen LogP contribution in [0.15, 0.2) is 58.8 Å². The second-order valence-electron chi connectivity index (χ2n) is 10.3. The predicted octanol–water partition coefficient (Wildman–Crippen LogP) is 4.93. The first-order valence-electron chi connectivity index (χ1n) is 13.8. The molecule has 1 amide bonds. The van der Waals surface area contributed by atoms with Crippen molar-refractivity contribution >= 4 is 38.9 Å². The van der Waals surface area contributed by atoms with Gasteiger partial charge in [0.05, 0.1) is 10.6 Å². The molecule has 0 atom stereocenters. The molecule has 13 heteroatoms. The lowest BCUT2D eigenvalue weighted by Crippen LogP contribution is -2.48. The van der Waals surface area contributed by atoms with Gasteiger partial charge in [-0.15, -0.1) is 11.3 Å². The van der Waals surface area contributed by atoms with Crippen molar-refractivity contribution < 1.29 is 27.9 Å². The molecule has 226 valence electrons. The summed E-state index contributed by atoms with van der Waals surface area (Å²) in [7, 11) is -4.08. The minimum Gasteiger partial charge on any atom is -0.476 e. The van der Waals surface area contributed by atoms with Gasteiger partial charge in [-0.05, 0) is 68.6 Å². The van der Waals surface area contributed by atoms with E-state index in [2.05, 4.69) is 15.3 Å². The minimum absolute atomic E-state index is 0.0157. The number of aromatic nitrogens is 2. The molecule has 0 spiro atoms. The van der Waals surface area contributed by atoms with E-state index in [0.29, 0.717) is 36.7 Å². The van der Waals surface area contributed by atoms with Crippen LogP contribution in [0.4, 0.5) is 5.69 Å². The average Bonchev–Trinajstić information content (AvgIpc) is 3.63. The average molecular weight is 624 g/mol. The summed E-state index contributed by atoms with van der Waals surface area (Å²) in [6, 6.07) is 13.5. The number of carbonyl (C=O) groups excluding carboxylic acids is 1. The van der Waals surface area contributed by atoms with E-state index in [4.69, 9.17) is 4.74 Å². The first-order chi connectivity index (χ1) is 20.5. The van der Waals surface area contributed by atoms with Crippen molar-refractivity contribution in [1.82, 2.24) is 19.0 Å². The number of likely N-dealkylation sites (N-methyl/N-ethyl adjacent to an activating group) is 1. The Labute approximate surface area is 254 Å². The molecule has 1 aliphatic heterocycles. The lowest BCUT2D eigenvalue weighted by atomic mass is 10.1. The third kappa shape index (κ3) is 6.20. The van der Waals surface area contributed by atoms with Crippen molar-refractivity contribution in [3.8, 4) is 17.3 Å². The number of benzene rings is 2. The Morgan fingerprint density at radius 2 is 1.79 bits per heavy atom. The third-order valence-corrected chi connectivity index (χ3v) is 10.2. The number of hydrogen-bond acceptors (Lipinski definition) is 8. The summed E-state index contributed by atoms with van der Waals surface area (Å²) in [4.78, 5) is 27.3. The van der Waals surface area contributed by atoms with E-state index in [1.165, 1.54) is 32.5 Å². The molecule has 0 saturated carbocycles. The number of anilines is 1. The molecule has 11 nitrogen and oxygen atoms in total. The SMILES string of the molecule is CCN1CCN(S(=O)(=O)c2cc(NC(=O)c3cccs3)ccc2Oc2c(C)c(C(=O)O)nn2-c2ccc(C)cc2C)CC1. The highest BCUT2D eigenvalue weighted by molar-refractivity contribution is 7.89. The first-order valence-corrected chi connectivity index (χ1v) is 16.1. The summed E-state index contributed by atoms with van der Waals surface area (Å²) in [5, 5.41) is 18.7. The van der Waals surface area contributed by atoms with Crippen molar-refractivity contribution in [3.63, 3.8) is 0 Å². The highest BCUT2D eigenvalue weighted by atomic mass is 32.2. The van der Waals surface area contributed by atoms with Gasteiger partial charge in [-0.1, -0.05) is 30.7 Å². The van der Waals surface area contributed by atoms with E-state index in [1.807, 2.05) is 39.0 Å². The van der Waals surface area contributed by atoms with Crippen molar-refractivity contribution in [2.45, 2.75) is 32.6 Å². The molecule has 2 aromatic heterocycles. The summed E-state index contributed by atoms with van der Waals surface area (Å²) in [6.07, 6.45) is 0. The van der Waals surface area contributed by atoms with Crippen LogP contribution in [0.5, 0.6) is 11.6 Å². The highest BCUT2D eigenvalue weighted by Gasteiger charge is 2.32. The molecule has 3 heterocycles. The van der Waals surface area contributed by atoms with Crippen LogP contribution in [0.1, 0.15) is 43.8 Å². The maximum atomic E-state index is 14.1. The number of piperazine rings is 1. The number of carboxylic acid groups (broad SMARTS) is 1. The zero-order valence-corrected chi connectivity index (χ0v) is 26.0. The van der Waals surface area contributed by atoms with Crippen LogP contribution in [-0.2, 0) is 10.0 Å². The summed E-state index contributed by atoms with van der Waals surface area (Å²) in [5.41, 5.74) is 2.75. The standard InChI is InChI=1S/C30H33N5O6S2/c1-5-33-12-14-34(15-13-33)43(39,40)26-18-22(31-28(36)25-7-6-16-42-25)9-11-24(26)41-29-21(4)27(30(37)38)32-35(29)23-10-8-19(2)17-20(23)3/h6-11,16-18H,5,12-15H2,1-4H3,(H,31,36)(H,37,38). The molecular weight excluding hydrogens is 590 g/mol. The van der Waals surface area contributed by atoms with Crippen LogP contribution in [-0.4, -0.2) is 77.1 Å². The van der Waals surface area contributed by atoms with Gasteiger partial charge in [-0.2, -0.15) is 14.1 Å². The fourth-order valence-corrected chi connectivity index (χ4v) is 7.19. The normalized spacial score (nSPS) is 14.5. The number of aryl methyl sites for hydroxylation is 2. The van der Waals surface area contributed by atoms with Gasteiger partial charge in [0, 0.05) is 37.4 Å². The van der Waals surface area contributed by atoms with Crippen LogP contribution in [0.3, 0.4) is 0 Å². The number of sulfonamides is 1. The molecule has 0 radical (unpaired) electrons. The Morgan fingerprint density at radius 3 is 2.42 bits per heavy atom. The number of hydrogen-bond donors (Lipinski definition) is 2. The Balaban J connectivity index is 1.60. The lowest BCUT2D eigenvalue weighted by molar-refractivity contribution is 0.0689. The Kier molecular flexibility index (Phi) is 8.69. The number of ether oxygens (including phenoxy) is 1. The molecule has 1 aliphatic rings. The summed E-state index contributed by atoms with van der Waals surface area (Å²) >= 11 is 1.27. The summed E-state index contributed by atoms with van der Waals surface area (Å²) in [5.74, 6) is -1.54. The van der Waals surface area contributed by atoms with Gasteiger partial charge in [0.15, 0.2) is 5.69 Å². The van der Waals surface area contributed by atoms with E-state index >= 15 is 0 Å². The van der Waals surface area contributed by atoms with E-state index in [9.17, 15) is 23.1 Å². The van der Waals surface area contributed by atoms with Crippen LogP contribution in [0.25, 0.3) is 5.69 Å². The van der Waals surface area contributed by atoms with Gasteiger partial charge in [0.25, 0.3) is 5.91 Å². The molecule has 0 bridgehead atoms. The van der Waals surface area contributed by atoms with Crippen LogP contribution >= 0.6 is 11.3 Å². The fraction of sp³-hybridized carbons (Fsp3) is 0.300. The van der Waals surface area contributed by atoms with Crippen LogP contribution in [0.2, 0.25) is 0 Å². The number of carbonyl (C=O) groups is 2. The molecule has 0 unspecified atom stereocenters. The molecule has 43 heavy (non-hydrogen) atoms. The predicted molar refractivity (Wildman–Crippen MR) is 164 cm³/mol. The summed E-state index contributed by atoms with van der Waals surface area (Å²) < 4.78 is 37.3. The van der Waals surface area contributed by atoms with Crippen molar-refractivity contribution in [3.05, 3.63) is 81.2 Å². The molecule has 5 rings (SSSR count). The van der Waals surface area contributed by atoms with Gasteiger partial charge in [-0.3, -0.25) is 4.79 Å².